The Bertz CT molecular complexity index is 1280. The molecular formula is C29H32N4O3. The van der Waals surface area contributed by atoms with E-state index in [1.807, 2.05) is 18.2 Å². The first-order valence-corrected chi connectivity index (χ1v) is 12.1. The fourth-order valence-corrected chi connectivity index (χ4v) is 3.85. The molecule has 0 bridgehead atoms. The first-order chi connectivity index (χ1) is 17.2. The third-order valence-corrected chi connectivity index (χ3v) is 6.27. The fraction of sp³-hybridized carbons (Fsp3) is 0.310. The van der Waals surface area contributed by atoms with E-state index in [0.29, 0.717) is 35.6 Å². The van der Waals surface area contributed by atoms with Crippen LogP contribution in [-0.4, -0.2) is 34.1 Å². The van der Waals surface area contributed by atoms with Crippen molar-refractivity contribution in [3.05, 3.63) is 89.9 Å². The predicted octanol–water partition coefficient (Wildman–Crippen LogP) is 6.56. The summed E-state index contributed by atoms with van der Waals surface area (Å²) in [6.45, 7) is 12.1. The smallest absolute Gasteiger partial charge is 0.412 e. The van der Waals surface area contributed by atoms with Gasteiger partial charge in [-0.05, 0) is 88.4 Å². The second kappa shape index (κ2) is 10.7. The molecule has 1 amide bonds. The van der Waals surface area contributed by atoms with Crippen molar-refractivity contribution in [3.63, 3.8) is 0 Å². The van der Waals surface area contributed by atoms with Crippen molar-refractivity contribution < 1.29 is 14.1 Å². The molecule has 3 aromatic rings. The van der Waals surface area contributed by atoms with Crippen LogP contribution < -0.4 is 5.32 Å². The number of hydrogen-bond donors (Lipinski definition) is 1. The van der Waals surface area contributed by atoms with Crippen molar-refractivity contribution in [1.29, 1.82) is 0 Å². The standard InChI is InChI=1S/C29H32N4O3/c1-6-29(4,5)35-28(34)31-24-15-13-22(14-16-24)26-32-27(36-33-26)25-17-20(3)23(18-30-25)12-11-21-9-7-19(2)8-10-21/h6-10,13-17,23H,1,11-12,18H2,2-5H3,(H,31,34)/t23-/m0/s1. The van der Waals surface area contributed by atoms with E-state index in [4.69, 9.17) is 14.3 Å². The average Bonchev–Trinajstić information content (AvgIpc) is 3.35. The van der Waals surface area contributed by atoms with Gasteiger partial charge in [0, 0.05) is 17.8 Å². The van der Waals surface area contributed by atoms with Crippen molar-refractivity contribution in [1.82, 2.24) is 10.1 Å². The van der Waals surface area contributed by atoms with Crippen molar-refractivity contribution in [2.24, 2.45) is 10.9 Å². The maximum atomic E-state index is 12.1. The second-order valence-corrected chi connectivity index (χ2v) is 9.66. The van der Waals surface area contributed by atoms with Crippen molar-refractivity contribution in [2.45, 2.75) is 46.1 Å². The molecule has 0 unspecified atom stereocenters. The SMILES string of the molecule is C=CC(C)(C)OC(=O)Nc1ccc(-c2noc(C3=NC[C@H](CCc4ccc(C)cc4)C(C)=C3)n2)cc1. The second-order valence-electron chi connectivity index (χ2n) is 9.66. The number of nitrogens with zero attached hydrogens (tertiary/aromatic N) is 3. The molecule has 2 heterocycles. The maximum Gasteiger partial charge on any atom is 0.412 e. The van der Waals surface area contributed by atoms with E-state index in [1.165, 1.54) is 16.7 Å². The van der Waals surface area contributed by atoms with Gasteiger partial charge in [0.2, 0.25) is 5.82 Å². The summed E-state index contributed by atoms with van der Waals surface area (Å²) >= 11 is 0. The predicted molar refractivity (Wildman–Crippen MR) is 142 cm³/mol. The summed E-state index contributed by atoms with van der Waals surface area (Å²) in [4.78, 5) is 21.3. The summed E-state index contributed by atoms with van der Waals surface area (Å²) in [5.74, 6) is 1.27. The van der Waals surface area contributed by atoms with Gasteiger partial charge in [0.15, 0.2) is 0 Å². The molecule has 1 aromatic heterocycles. The number of benzene rings is 2. The van der Waals surface area contributed by atoms with Crippen LogP contribution in [0.4, 0.5) is 10.5 Å². The lowest BCUT2D eigenvalue weighted by atomic mass is 9.90. The molecule has 7 nitrogen and oxygen atoms in total. The average molecular weight is 485 g/mol. The van der Waals surface area contributed by atoms with Crippen molar-refractivity contribution in [3.8, 4) is 11.4 Å². The van der Waals surface area contributed by atoms with Gasteiger partial charge in [-0.2, -0.15) is 4.98 Å². The third kappa shape index (κ3) is 6.36. The molecule has 186 valence electrons. The van der Waals surface area contributed by atoms with Crippen LogP contribution in [0.25, 0.3) is 11.4 Å². The summed E-state index contributed by atoms with van der Waals surface area (Å²) in [6.07, 6.45) is 5.15. The number of carbonyl (C=O) groups is 1. The minimum absolute atomic E-state index is 0.402. The minimum atomic E-state index is -0.749. The van der Waals surface area contributed by atoms with Crippen molar-refractivity contribution >= 4 is 17.5 Å². The number of amides is 1. The number of nitrogens with one attached hydrogen (secondary N) is 1. The minimum Gasteiger partial charge on any atom is -0.439 e. The van der Waals surface area contributed by atoms with Crippen LogP contribution >= 0.6 is 0 Å². The molecule has 4 rings (SSSR count). The molecule has 0 saturated heterocycles. The van der Waals surface area contributed by atoms with Crippen LogP contribution in [0, 0.1) is 12.8 Å². The van der Waals surface area contributed by atoms with E-state index < -0.39 is 11.7 Å². The molecule has 7 heteroatoms. The Kier molecular flexibility index (Phi) is 7.48. The monoisotopic (exact) mass is 484 g/mol. The highest BCUT2D eigenvalue weighted by Crippen LogP contribution is 2.25. The van der Waals surface area contributed by atoms with E-state index in [2.05, 4.69) is 60.1 Å². The van der Waals surface area contributed by atoms with Gasteiger partial charge in [-0.3, -0.25) is 10.3 Å². The van der Waals surface area contributed by atoms with E-state index in [9.17, 15) is 4.79 Å². The molecule has 0 saturated carbocycles. The first kappa shape index (κ1) is 25.1. The molecule has 0 aliphatic carbocycles. The summed E-state index contributed by atoms with van der Waals surface area (Å²) in [6, 6.07) is 15.9. The maximum absolute atomic E-state index is 12.1. The quantitative estimate of drug-likeness (QED) is 0.366. The number of anilines is 1. The fourth-order valence-electron chi connectivity index (χ4n) is 3.85. The summed E-state index contributed by atoms with van der Waals surface area (Å²) in [5.41, 5.74) is 5.23. The number of allylic oxidation sites excluding steroid dienone is 1. The lowest BCUT2D eigenvalue weighted by molar-refractivity contribution is 0.0843. The zero-order valence-corrected chi connectivity index (χ0v) is 21.2. The van der Waals surface area contributed by atoms with Crippen LogP contribution in [0.1, 0.15) is 44.2 Å². The molecule has 0 radical (unpaired) electrons. The molecule has 0 spiro atoms. The highest BCUT2D eigenvalue weighted by atomic mass is 16.6. The zero-order chi connectivity index (χ0) is 25.7. The van der Waals surface area contributed by atoms with Gasteiger partial charge in [-0.15, -0.1) is 0 Å². The van der Waals surface area contributed by atoms with Gasteiger partial charge in [-0.1, -0.05) is 47.1 Å². The normalized spacial score (nSPS) is 15.6. The zero-order valence-electron chi connectivity index (χ0n) is 21.2. The Balaban J connectivity index is 1.35. The molecular weight excluding hydrogens is 452 g/mol. The van der Waals surface area contributed by atoms with Crippen LogP contribution in [-0.2, 0) is 11.2 Å². The Morgan fingerprint density at radius 2 is 1.89 bits per heavy atom. The summed E-state index contributed by atoms with van der Waals surface area (Å²) in [7, 11) is 0. The number of rotatable bonds is 8. The number of aliphatic imine (C=N–C) groups is 1. The molecule has 1 N–H and O–H groups in total. The Hall–Kier alpha value is -4.00. The number of aromatic nitrogens is 2. The topological polar surface area (TPSA) is 89.6 Å². The van der Waals surface area contributed by atoms with Gasteiger partial charge in [0.05, 0.1) is 0 Å². The van der Waals surface area contributed by atoms with Crippen LogP contribution in [0.5, 0.6) is 0 Å². The molecule has 36 heavy (non-hydrogen) atoms. The van der Waals surface area contributed by atoms with Crippen molar-refractivity contribution in [2.75, 3.05) is 11.9 Å². The summed E-state index contributed by atoms with van der Waals surface area (Å²) < 4.78 is 10.8. The highest BCUT2D eigenvalue weighted by molar-refractivity contribution is 6.06. The number of dihydropyridines is 1. The van der Waals surface area contributed by atoms with Gasteiger partial charge >= 0.3 is 6.09 Å². The molecule has 1 atom stereocenters. The number of aryl methyl sites for hydroxylation is 2. The number of ether oxygens (including phenoxy) is 1. The Morgan fingerprint density at radius 1 is 1.17 bits per heavy atom. The van der Waals surface area contributed by atoms with E-state index in [0.717, 1.165) is 18.4 Å². The Labute approximate surface area is 212 Å². The largest absolute Gasteiger partial charge is 0.439 e. The van der Waals surface area contributed by atoms with Crippen LogP contribution in [0.2, 0.25) is 0 Å². The molecule has 2 aromatic carbocycles. The summed E-state index contributed by atoms with van der Waals surface area (Å²) in [5, 5.41) is 6.82. The van der Waals surface area contributed by atoms with E-state index in [-0.39, 0.29) is 0 Å². The van der Waals surface area contributed by atoms with E-state index >= 15 is 0 Å². The number of carbonyl (C=O) groups excluding carboxylic acids is 1. The first-order valence-electron chi connectivity index (χ1n) is 12.1. The molecule has 0 fully saturated rings. The van der Waals surface area contributed by atoms with Gasteiger partial charge in [0.1, 0.15) is 11.3 Å². The molecule has 1 aliphatic heterocycles. The molecule has 1 aliphatic rings. The van der Waals surface area contributed by atoms with Gasteiger partial charge in [-0.25, -0.2) is 4.79 Å². The highest BCUT2D eigenvalue weighted by Gasteiger charge is 2.21. The van der Waals surface area contributed by atoms with Gasteiger partial charge in [0.25, 0.3) is 5.89 Å². The van der Waals surface area contributed by atoms with Crippen LogP contribution in [0.3, 0.4) is 0 Å². The Morgan fingerprint density at radius 3 is 2.56 bits per heavy atom. The lowest BCUT2D eigenvalue weighted by Gasteiger charge is -2.20. The third-order valence-electron chi connectivity index (χ3n) is 6.27. The van der Waals surface area contributed by atoms with E-state index in [1.54, 1.807) is 32.1 Å². The van der Waals surface area contributed by atoms with Crippen LogP contribution in [0.15, 0.2) is 82.4 Å². The lowest BCUT2D eigenvalue weighted by Crippen LogP contribution is -2.28. The number of hydrogen-bond acceptors (Lipinski definition) is 6. The van der Waals surface area contributed by atoms with Gasteiger partial charge < -0.3 is 9.26 Å².